The quantitative estimate of drug-likeness (QED) is 0.568. The van der Waals surface area contributed by atoms with Gasteiger partial charge in [0.2, 0.25) is 5.91 Å². The van der Waals surface area contributed by atoms with Crippen molar-refractivity contribution in [2.75, 3.05) is 33.1 Å². The molecule has 0 saturated carbocycles. The second-order valence-electron chi connectivity index (χ2n) is 4.26. The van der Waals surface area contributed by atoms with E-state index < -0.39 is 0 Å². The first-order chi connectivity index (χ1) is 9.17. The largest absolute Gasteiger partial charge is 0.383 e. The van der Waals surface area contributed by atoms with Crippen molar-refractivity contribution in [3.63, 3.8) is 0 Å². The summed E-state index contributed by atoms with van der Waals surface area (Å²) in [6.07, 6.45) is 2.05. The second kappa shape index (κ2) is 11.0. The van der Waals surface area contributed by atoms with Crippen molar-refractivity contribution in [3.05, 3.63) is 29.3 Å². The van der Waals surface area contributed by atoms with E-state index in [0.717, 1.165) is 5.56 Å². The molecule has 1 rings (SSSR count). The van der Waals surface area contributed by atoms with Crippen molar-refractivity contribution in [3.8, 4) is 0 Å². The first kappa shape index (κ1) is 19.2. The van der Waals surface area contributed by atoms with E-state index in [2.05, 4.69) is 35.8 Å². The Hall–Kier alpha value is -0.750. The van der Waals surface area contributed by atoms with Crippen molar-refractivity contribution in [1.82, 2.24) is 10.6 Å². The first-order valence-corrected chi connectivity index (χ1v) is 7.49. The van der Waals surface area contributed by atoms with E-state index in [1.54, 1.807) is 18.9 Å². The van der Waals surface area contributed by atoms with Crippen LogP contribution in [0.5, 0.6) is 0 Å². The Labute approximate surface area is 131 Å². The summed E-state index contributed by atoms with van der Waals surface area (Å²) in [5.41, 5.74) is 2.39. The van der Waals surface area contributed by atoms with Gasteiger partial charge in [0.25, 0.3) is 0 Å². The maximum Gasteiger partial charge on any atom is 0.234 e. The van der Waals surface area contributed by atoms with Gasteiger partial charge in [-0.15, -0.1) is 24.2 Å². The summed E-state index contributed by atoms with van der Waals surface area (Å²) < 4.78 is 4.90. The van der Waals surface area contributed by atoms with E-state index in [0.29, 0.717) is 26.2 Å². The molecule has 0 heterocycles. The van der Waals surface area contributed by atoms with Crippen molar-refractivity contribution < 1.29 is 9.53 Å². The van der Waals surface area contributed by atoms with Crippen molar-refractivity contribution in [2.45, 2.75) is 18.4 Å². The highest BCUT2D eigenvalue weighted by atomic mass is 35.5. The van der Waals surface area contributed by atoms with Crippen LogP contribution in [0.15, 0.2) is 23.1 Å². The number of ether oxygens (including phenoxy) is 1. The molecular formula is C14H23ClN2O2S. The van der Waals surface area contributed by atoms with Gasteiger partial charge in [-0.2, -0.15) is 0 Å². The highest BCUT2D eigenvalue weighted by molar-refractivity contribution is 7.98. The molecule has 20 heavy (non-hydrogen) atoms. The fourth-order valence-electron chi connectivity index (χ4n) is 1.63. The fraction of sp³-hybridized carbons (Fsp3) is 0.500. The molecule has 0 aliphatic heterocycles. The van der Waals surface area contributed by atoms with Gasteiger partial charge in [0, 0.05) is 25.1 Å². The van der Waals surface area contributed by atoms with E-state index in [1.165, 1.54) is 10.5 Å². The van der Waals surface area contributed by atoms with Gasteiger partial charge >= 0.3 is 0 Å². The highest BCUT2D eigenvalue weighted by Crippen LogP contribution is 2.21. The molecule has 0 saturated heterocycles. The second-order valence-corrected chi connectivity index (χ2v) is 5.11. The highest BCUT2D eigenvalue weighted by Gasteiger charge is 2.04. The van der Waals surface area contributed by atoms with Crippen LogP contribution in [0.1, 0.15) is 11.1 Å². The molecule has 6 heteroatoms. The molecule has 0 spiro atoms. The van der Waals surface area contributed by atoms with E-state index in [-0.39, 0.29) is 18.3 Å². The number of benzene rings is 1. The minimum Gasteiger partial charge on any atom is -0.383 e. The maximum atomic E-state index is 11.6. The predicted octanol–water partition coefficient (Wildman–Crippen LogP) is 1.99. The zero-order chi connectivity index (χ0) is 14.1. The van der Waals surface area contributed by atoms with Gasteiger partial charge in [0.05, 0.1) is 13.2 Å². The van der Waals surface area contributed by atoms with Crippen LogP contribution in [0, 0.1) is 6.92 Å². The van der Waals surface area contributed by atoms with Crippen molar-refractivity contribution in [2.24, 2.45) is 0 Å². The van der Waals surface area contributed by atoms with Crippen molar-refractivity contribution in [1.29, 1.82) is 0 Å². The molecule has 2 N–H and O–H groups in total. The van der Waals surface area contributed by atoms with Gasteiger partial charge in [-0.25, -0.2) is 0 Å². The van der Waals surface area contributed by atoms with Gasteiger partial charge in [0.1, 0.15) is 0 Å². The van der Waals surface area contributed by atoms with Crippen LogP contribution >= 0.6 is 24.2 Å². The Bertz CT molecular complexity index is 416. The number of thioether (sulfide) groups is 1. The normalized spacial score (nSPS) is 9.95. The average Bonchev–Trinajstić information content (AvgIpc) is 2.42. The molecule has 114 valence electrons. The summed E-state index contributed by atoms with van der Waals surface area (Å²) in [5, 5.41) is 5.93. The topological polar surface area (TPSA) is 50.4 Å². The van der Waals surface area contributed by atoms with Crippen molar-refractivity contribution >= 4 is 30.1 Å². The van der Waals surface area contributed by atoms with Crippen LogP contribution < -0.4 is 10.6 Å². The fourth-order valence-corrected chi connectivity index (χ4v) is 2.34. The standard InChI is InChI=1S/C14H22N2O2S.ClH/c1-11-4-5-12(13(8-11)19-3)9-16-14(17)10-15-6-7-18-2;/h4-5,8,15H,6-7,9-10H2,1-3H3,(H,16,17);1H. The number of hydrogen-bond donors (Lipinski definition) is 2. The average molecular weight is 319 g/mol. The summed E-state index contributed by atoms with van der Waals surface area (Å²) in [4.78, 5) is 12.8. The minimum absolute atomic E-state index is 0. The third-order valence-corrected chi connectivity index (χ3v) is 3.51. The predicted molar refractivity (Wildman–Crippen MR) is 86.8 cm³/mol. The number of carbonyl (C=O) groups is 1. The van der Waals surface area contributed by atoms with E-state index in [9.17, 15) is 4.79 Å². The molecule has 0 fully saturated rings. The number of rotatable bonds is 8. The van der Waals surface area contributed by atoms with Crippen LogP contribution in [0.25, 0.3) is 0 Å². The summed E-state index contributed by atoms with van der Waals surface area (Å²) in [6.45, 7) is 4.26. The SMILES string of the molecule is COCCNCC(=O)NCc1ccc(C)cc1SC.Cl. The maximum absolute atomic E-state index is 11.6. The molecule has 0 unspecified atom stereocenters. The molecule has 0 aliphatic carbocycles. The number of amides is 1. The summed E-state index contributed by atoms with van der Waals surface area (Å²) in [5.74, 6) is 0.00345. The Morgan fingerprint density at radius 1 is 1.40 bits per heavy atom. The van der Waals surface area contributed by atoms with Gasteiger partial charge in [-0.1, -0.05) is 12.1 Å². The Morgan fingerprint density at radius 3 is 2.80 bits per heavy atom. The summed E-state index contributed by atoms with van der Waals surface area (Å²) in [7, 11) is 1.64. The monoisotopic (exact) mass is 318 g/mol. The zero-order valence-electron chi connectivity index (χ0n) is 12.2. The van der Waals surface area contributed by atoms with Gasteiger partial charge in [-0.3, -0.25) is 4.79 Å². The van der Waals surface area contributed by atoms with Gasteiger partial charge in [-0.05, 0) is 30.4 Å². The van der Waals surface area contributed by atoms with Crippen LogP contribution in [-0.4, -0.2) is 39.0 Å². The zero-order valence-corrected chi connectivity index (χ0v) is 13.8. The molecular weight excluding hydrogens is 296 g/mol. The van der Waals surface area contributed by atoms with Crippen LogP contribution in [0.2, 0.25) is 0 Å². The van der Waals surface area contributed by atoms with E-state index in [1.807, 2.05) is 6.26 Å². The molecule has 4 nitrogen and oxygen atoms in total. The number of halogens is 1. The molecule has 0 aromatic heterocycles. The minimum atomic E-state index is 0. The lowest BCUT2D eigenvalue weighted by molar-refractivity contribution is -0.120. The third kappa shape index (κ3) is 7.14. The lowest BCUT2D eigenvalue weighted by atomic mass is 10.1. The number of methoxy groups -OCH3 is 1. The molecule has 1 aromatic carbocycles. The van der Waals surface area contributed by atoms with E-state index >= 15 is 0 Å². The van der Waals surface area contributed by atoms with Crippen LogP contribution in [-0.2, 0) is 16.1 Å². The van der Waals surface area contributed by atoms with Gasteiger partial charge < -0.3 is 15.4 Å². The number of nitrogens with one attached hydrogen (secondary N) is 2. The Balaban J connectivity index is 0.00000361. The Kier molecular flexibility index (Phi) is 10.6. The molecule has 0 aliphatic rings. The molecule has 0 radical (unpaired) electrons. The molecule has 0 bridgehead atoms. The number of hydrogen-bond acceptors (Lipinski definition) is 4. The molecule has 0 atom stereocenters. The first-order valence-electron chi connectivity index (χ1n) is 6.27. The lowest BCUT2D eigenvalue weighted by Gasteiger charge is -2.10. The number of aryl methyl sites for hydroxylation is 1. The molecule has 1 amide bonds. The number of carbonyl (C=O) groups excluding carboxylic acids is 1. The van der Waals surface area contributed by atoms with Crippen LogP contribution in [0.4, 0.5) is 0 Å². The lowest BCUT2D eigenvalue weighted by Crippen LogP contribution is -2.34. The third-order valence-electron chi connectivity index (χ3n) is 2.69. The smallest absolute Gasteiger partial charge is 0.234 e. The molecule has 1 aromatic rings. The van der Waals surface area contributed by atoms with E-state index in [4.69, 9.17) is 4.74 Å². The van der Waals surface area contributed by atoms with Gasteiger partial charge in [0.15, 0.2) is 0 Å². The summed E-state index contributed by atoms with van der Waals surface area (Å²) in [6, 6.07) is 6.28. The summed E-state index contributed by atoms with van der Waals surface area (Å²) >= 11 is 1.70. The van der Waals surface area contributed by atoms with Crippen LogP contribution in [0.3, 0.4) is 0 Å². The Morgan fingerprint density at radius 2 is 2.15 bits per heavy atom.